The van der Waals surface area contributed by atoms with Gasteiger partial charge in [-0.25, -0.2) is 4.98 Å². The summed E-state index contributed by atoms with van der Waals surface area (Å²) in [6, 6.07) is 13.8. The maximum absolute atomic E-state index is 11.1. The third kappa shape index (κ3) is 2.76. The number of aryl methyl sites for hydroxylation is 2. The van der Waals surface area contributed by atoms with E-state index in [1.54, 1.807) is 0 Å². The van der Waals surface area contributed by atoms with Crippen molar-refractivity contribution < 1.29 is 14.4 Å². The van der Waals surface area contributed by atoms with Crippen LogP contribution in [0, 0.1) is 6.92 Å². The molecule has 0 radical (unpaired) electrons. The Morgan fingerprint density at radius 1 is 1.25 bits per heavy atom. The number of hydrogen-bond donors (Lipinski definition) is 1. The number of carbonyl (C=O) groups is 1. The van der Waals surface area contributed by atoms with Crippen LogP contribution in [0.1, 0.15) is 30.1 Å². The molecule has 7 nitrogen and oxygen atoms in total. The number of hydrogen-bond acceptors (Lipinski definition) is 5. The minimum absolute atomic E-state index is 0.0672. The van der Waals surface area contributed by atoms with Crippen molar-refractivity contribution in [3.63, 3.8) is 0 Å². The van der Waals surface area contributed by atoms with Crippen molar-refractivity contribution in [1.29, 1.82) is 0 Å². The van der Waals surface area contributed by atoms with Crippen LogP contribution < -0.4 is 0 Å². The molecule has 1 aliphatic heterocycles. The quantitative estimate of drug-likeness (QED) is 0.580. The first-order chi connectivity index (χ1) is 13.6. The molecule has 0 bridgehead atoms. The van der Waals surface area contributed by atoms with Crippen molar-refractivity contribution in [2.24, 2.45) is 0 Å². The Hall–Kier alpha value is -3.48. The van der Waals surface area contributed by atoms with Crippen LogP contribution in [0.3, 0.4) is 0 Å². The summed E-state index contributed by atoms with van der Waals surface area (Å²) in [6.45, 7) is 2.76. The van der Waals surface area contributed by atoms with Crippen LogP contribution in [-0.4, -0.2) is 30.8 Å². The van der Waals surface area contributed by atoms with Gasteiger partial charge in [-0.1, -0.05) is 11.2 Å². The van der Waals surface area contributed by atoms with Crippen molar-refractivity contribution in [2.45, 2.75) is 32.2 Å². The van der Waals surface area contributed by atoms with Gasteiger partial charge in [0.2, 0.25) is 5.82 Å². The minimum atomic E-state index is -0.756. The average molecular weight is 374 g/mol. The van der Waals surface area contributed by atoms with Crippen molar-refractivity contribution in [1.82, 2.24) is 19.7 Å². The van der Waals surface area contributed by atoms with Gasteiger partial charge in [-0.15, -0.1) is 0 Å². The summed E-state index contributed by atoms with van der Waals surface area (Å²) in [7, 11) is 0. The number of aliphatic carboxylic acids is 1. The summed E-state index contributed by atoms with van der Waals surface area (Å²) in [5.41, 5.74) is 4.59. The molecule has 0 fully saturated rings. The van der Waals surface area contributed by atoms with E-state index in [9.17, 15) is 4.79 Å². The largest absolute Gasteiger partial charge is 0.481 e. The second kappa shape index (κ2) is 6.30. The second-order valence-corrected chi connectivity index (χ2v) is 7.17. The first-order valence-electron chi connectivity index (χ1n) is 9.21. The van der Waals surface area contributed by atoms with E-state index in [2.05, 4.69) is 25.8 Å². The number of aromatic nitrogens is 4. The summed E-state index contributed by atoms with van der Waals surface area (Å²) in [6.07, 6.45) is 1.04. The Bertz CT molecular complexity index is 1210. The summed E-state index contributed by atoms with van der Waals surface area (Å²) in [5.74, 6) is 0.208. The van der Waals surface area contributed by atoms with Crippen molar-refractivity contribution >= 4 is 16.9 Å². The predicted molar refractivity (Wildman–Crippen MR) is 103 cm³/mol. The Labute approximate surface area is 160 Å². The molecule has 0 spiro atoms. The second-order valence-electron chi connectivity index (χ2n) is 7.17. The average Bonchev–Trinajstić information content (AvgIpc) is 3.37. The van der Waals surface area contributed by atoms with E-state index in [0.717, 1.165) is 40.8 Å². The number of carboxylic acids is 1. The van der Waals surface area contributed by atoms with Gasteiger partial charge in [-0.2, -0.15) is 4.98 Å². The van der Waals surface area contributed by atoms with E-state index < -0.39 is 5.97 Å². The molecule has 0 unspecified atom stereocenters. The minimum Gasteiger partial charge on any atom is -0.481 e. The van der Waals surface area contributed by atoms with E-state index in [4.69, 9.17) is 9.63 Å². The van der Waals surface area contributed by atoms with Crippen LogP contribution in [0.2, 0.25) is 0 Å². The van der Waals surface area contributed by atoms with Crippen LogP contribution >= 0.6 is 0 Å². The maximum atomic E-state index is 11.1. The smallest absolute Gasteiger partial charge is 0.304 e. The van der Waals surface area contributed by atoms with Gasteiger partial charge in [0.1, 0.15) is 5.69 Å². The molecule has 7 heteroatoms. The van der Waals surface area contributed by atoms with Crippen LogP contribution in [0.4, 0.5) is 0 Å². The first kappa shape index (κ1) is 16.7. The number of carboxylic acid groups (broad SMARTS) is 1. The van der Waals surface area contributed by atoms with E-state index >= 15 is 0 Å². The van der Waals surface area contributed by atoms with Gasteiger partial charge in [-0.3, -0.25) is 4.79 Å². The number of rotatable bonds is 4. The van der Waals surface area contributed by atoms with E-state index in [1.807, 2.05) is 43.3 Å². The highest BCUT2D eigenvalue weighted by Crippen LogP contribution is 2.37. The number of benzene rings is 1. The van der Waals surface area contributed by atoms with Gasteiger partial charge in [0.25, 0.3) is 5.89 Å². The first-order valence-corrected chi connectivity index (χ1v) is 9.21. The van der Waals surface area contributed by atoms with Crippen molar-refractivity contribution in [3.05, 3.63) is 53.9 Å². The molecule has 3 aromatic heterocycles. The van der Waals surface area contributed by atoms with Crippen LogP contribution in [0.15, 0.2) is 47.0 Å². The van der Waals surface area contributed by atoms with Gasteiger partial charge in [0.05, 0.1) is 6.42 Å². The fourth-order valence-electron chi connectivity index (χ4n) is 3.98. The lowest BCUT2D eigenvalue weighted by molar-refractivity contribution is -0.137. The number of fused-ring (bicyclic) bond motifs is 3. The highest BCUT2D eigenvalue weighted by atomic mass is 16.5. The Balaban J connectivity index is 1.50. The Kier molecular flexibility index (Phi) is 3.75. The highest BCUT2D eigenvalue weighted by molar-refractivity contribution is 5.86. The van der Waals surface area contributed by atoms with Gasteiger partial charge in [0.15, 0.2) is 0 Å². The van der Waals surface area contributed by atoms with Crippen LogP contribution in [0.25, 0.3) is 33.9 Å². The molecule has 0 saturated carbocycles. The Morgan fingerprint density at radius 2 is 2.14 bits per heavy atom. The normalized spacial score (nSPS) is 15.8. The summed E-state index contributed by atoms with van der Waals surface area (Å²) < 4.78 is 7.61. The van der Waals surface area contributed by atoms with Gasteiger partial charge in [0, 0.05) is 40.3 Å². The van der Waals surface area contributed by atoms with E-state index in [-0.39, 0.29) is 12.3 Å². The molecule has 140 valence electrons. The van der Waals surface area contributed by atoms with Gasteiger partial charge in [-0.05, 0) is 49.7 Å². The van der Waals surface area contributed by atoms with Gasteiger partial charge >= 0.3 is 5.97 Å². The summed E-state index contributed by atoms with van der Waals surface area (Å²) in [5, 5.41) is 14.3. The van der Waals surface area contributed by atoms with Crippen molar-refractivity contribution in [2.75, 3.05) is 0 Å². The molecule has 1 aromatic carbocycles. The van der Waals surface area contributed by atoms with Crippen LogP contribution in [0.5, 0.6) is 0 Å². The molecule has 4 heterocycles. The standard InChI is InChI=1S/C21H18N4O3/c1-12-3-2-4-16(22-12)21-23-20(24-28-21)14-5-6-17-15(9-14)10-18-13(11-19(26)27)7-8-25(17)18/h2-6,9-10,13H,7-8,11H2,1H3,(H,26,27)/t13-/m0/s1. The zero-order valence-corrected chi connectivity index (χ0v) is 15.3. The molecule has 0 saturated heterocycles. The SMILES string of the molecule is Cc1cccc(-c2nc(-c3ccc4c(c3)cc3n4CC[C@H]3CC(=O)O)no2)n1. The molecule has 5 rings (SSSR count). The fourth-order valence-corrected chi connectivity index (χ4v) is 3.98. The Morgan fingerprint density at radius 3 is 2.96 bits per heavy atom. The summed E-state index contributed by atoms with van der Waals surface area (Å²) >= 11 is 0. The molecular weight excluding hydrogens is 356 g/mol. The molecule has 1 N–H and O–H groups in total. The van der Waals surface area contributed by atoms with Crippen molar-refractivity contribution in [3.8, 4) is 23.0 Å². The predicted octanol–water partition coefficient (Wildman–Crippen LogP) is 4.02. The molecule has 0 amide bonds. The van der Waals surface area contributed by atoms with E-state index in [1.165, 1.54) is 0 Å². The topological polar surface area (TPSA) is 94.0 Å². The van der Waals surface area contributed by atoms with Crippen LogP contribution in [-0.2, 0) is 11.3 Å². The maximum Gasteiger partial charge on any atom is 0.304 e. The molecule has 28 heavy (non-hydrogen) atoms. The molecule has 1 aliphatic rings. The third-order valence-corrected chi connectivity index (χ3v) is 5.27. The lowest BCUT2D eigenvalue weighted by atomic mass is 10.0. The zero-order valence-electron chi connectivity index (χ0n) is 15.3. The molecule has 0 aliphatic carbocycles. The van der Waals surface area contributed by atoms with E-state index in [0.29, 0.717) is 17.4 Å². The molecule has 4 aromatic rings. The number of pyridine rings is 1. The monoisotopic (exact) mass is 374 g/mol. The lowest BCUT2D eigenvalue weighted by Gasteiger charge is -2.04. The summed E-state index contributed by atoms with van der Waals surface area (Å²) in [4.78, 5) is 20.0. The molecule has 1 atom stereocenters. The lowest BCUT2D eigenvalue weighted by Crippen LogP contribution is -2.02. The third-order valence-electron chi connectivity index (χ3n) is 5.27. The number of nitrogens with zero attached hydrogens (tertiary/aromatic N) is 4. The highest BCUT2D eigenvalue weighted by Gasteiger charge is 2.27. The zero-order chi connectivity index (χ0) is 19.3. The molecular formula is C21H18N4O3. The fraction of sp³-hybridized carbons (Fsp3) is 0.238. The van der Waals surface area contributed by atoms with Gasteiger partial charge < -0.3 is 14.2 Å².